The van der Waals surface area contributed by atoms with Gasteiger partial charge in [0.1, 0.15) is 5.75 Å². The molecular formula is C23H28N4O4. The topological polar surface area (TPSA) is 97.1 Å². The van der Waals surface area contributed by atoms with Gasteiger partial charge in [-0.3, -0.25) is 14.9 Å². The van der Waals surface area contributed by atoms with E-state index in [9.17, 15) is 14.9 Å². The number of hydrazone groups is 1. The van der Waals surface area contributed by atoms with E-state index in [4.69, 9.17) is 4.74 Å². The zero-order valence-electron chi connectivity index (χ0n) is 17.9. The SMILES string of the molecule is Cc1ccc(OCC(=O)N/N=C/c2cc([N+](=O)[O-])ccc2N(C)C2CCCCC2)cc1. The summed E-state index contributed by atoms with van der Waals surface area (Å²) in [5.41, 5.74) is 4.95. The summed E-state index contributed by atoms with van der Waals surface area (Å²) in [6, 6.07) is 12.5. The van der Waals surface area contributed by atoms with Crippen LogP contribution in [0.25, 0.3) is 0 Å². The maximum atomic E-state index is 12.0. The lowest BCUT2D eigenvalue weighted by Gasteiger charge is -2.33. The zero-order valence-corrected chi connectivity index (χ0v) is 17.9. The number of nitro groups is 1. The normalized spacial score (nSPS) is 14.4. The maximum Gasteiger partial charge on any atom is 0.277 e. The van der Waals surface area contributed by atoms with Gasteiger partial charge in [0.05, 0.1) is 11.1 Å². The lowest BCUT2D eigenvalue weighted by molar-refractivity contribution is -0.384. The van der Waals surface area contributed by atoms with Crippen molar-refractivity contribution in [2.45, 2.75) is 45.1 Å². The number of rotatable bonds is 8. The molecule has 0 saturated heterocycles. The van der Waals surface area contributed by atoms with E-state index >= 15 is 0 Å². The molecule has 0 heterocycles. The lowest BCUT2D eigenvalue weighted by atomic mass is 9.94. The van der Waals surface area contributed by atoms with Crippen molar-refractivity contribution in [3.8, 4) is 5.75 Å². The van der Waals surface area contributed by atoms with Crippen molar-refractivity contribution in [3.05, 3.63) is 63.7 Å². The molecule has 1 N–H and O–H groups in total. The monoisotopic (exact) mass is 424 g/mol. The van der Waals surface area contributed by atoms with Crippen LogP contribution in [0.15, 0.2) is 47.6 Å². The highest BCUT2D eigenvalue weighted by Crippen LogP contribution is 2.30. The first-order chi connectivity index (χ1) is 14.9. The van der Waals surface area contributed by atoms with E-state index in [0.717, 1.165) is 24.1 Å². The van der Waals surface area contributed by atoms with E-state index in [-0.39, 0.29) is 12.3 Å². The van der Waals surface area contributed by atoms with Crippen LogP contribution in [0.1, 0.15) is 43.2 Å². The number of nitrogens with one attached hydrogen (secondary N) is 1. The molecule has 1 amide bonds. The standard InChI is InChI=1S/C23H28N4O4/c1-17-8-11-21(12-9-17)31-16-23(28)25-24-15-18-14-20(27(29)30)10-13-22(18)26(2)19-6-4-3-5-7-19/h8-15,19H,3-7,16H2,1-2H3,(H,25,28)/b24-15+. The van der Waals surface area contributed by atoms with Gasteiger partial charge in [0, 0.05) is 36.5 Å². The van der Waals surface area contributed by atoms with Gasteiger partial charge in [0.2, 0.25) is 0 Å². The molecule has 164 valence electrons. The Bertz CT molecular complexity index is 937. The predicted molar refractivity (Wildman–Crippen MR) is 121 cm³/mol. The van der Waals surface area contributed by atoms with Gasteiger partial charge < -0.3 is 9.64 Å². The number of non-ortho nitro benzene ring substituents is 1. The third kappa shape index (κ3) is 6.28. The number of hydrogen-bond donors (Lipinski definition) is 1. The second kappa shape index (κ2) is 10.6. The molecule has 0 spiro atoms. The number of nitrogens with zero attached hydrogens (tertiary/aromatic N) is 3. The fourth-order valence-electron chi connectivity index (χ4n) is 3.73. The largest absolute Gasteiger partial charge is 0.484 e. The summed E-state index contributed by atoms with van der Waals surface area (Å²) in [6.07, 6.45) is 7.25. The van der Waals surface area contributed by atoms with E-state index in [1.54, 1.807) is 18.2 Å². The minimum Gasteiger partial charge on any atom is -0.484 e. The Balaban J connectivity index is 1.66. The van der Waals surface area contributed by atoms with Crippen LogP contribution >= 0.6 is 0 Å². The van der Waals surface area contributed by atoms with Crippen molar-refractivity contribution in [1.29, 1.82) is 0 Å². The van der Waals surface area contributed by atoms with Crippen molar-refractivity contribution in [2.24, 2.45) is 5.10 Å². The van der Waals surface area contributed by atoms with Crippen LogP contribution in [0.5, 0.6) is 5.75 Å². The third-order valence-electron chi connectivity index (χ3n) is 5.51. The Labute approximate surface area is 182 Å². The number of benzene rings is 2. The van der Waals surface area contributed by atoms with Crippen molar-refractivity contribution >= 4 is 23.5 Å². The van der Waals surface area contributed by atoms with Crippen LogP contribution in [0, 0.1) is 17.0 Å². The minimum atomic E-state index is -0.435. The van der Waals surface area contributed by atoms with Crippen LogP contribution in [0.3, 0.4) is 0 Å². The molecule has 8 nitrogen and oxygen atoms in total. The second-order valence-electron chi connectivity index (χ2n) is 7.80. The number of nitro benzene ring substituents is 1. The second-order valence-corrected chi connectivity index (χ2v) is 7.80. The summed E-state index contributed by atoms with van der Waals surface area (Å²) in [5, 5.41) is 15.2. The first-order valence-corrected chi connectivity index (χ1v) is 10.5. The average molecular weight is 425 g/mol. The Hall–Kier alpha value is -3.42. The number of amides is 1. The molecule has 2 aromatic carbocycles. The van der Waals surface area contributed by atoms with Gasteiger partial charge in [-0.2, -0.15) is 5.10 Å². The van der Waals surface area contributed by atoms with E-state index in [1.165, 1.54) is 37.6 Å². The van der Waals surface area contributed by atoms with Crippen LogP contribution in [-0.2, 0) is 4.79 Å². The van der Waals surface area contributed by atoms with Gasteiger partial charge in [-0.1, -0.05) is 37.0 Å². The summed E-state index contributed by atoms with van der Waals surface area (Å²) < 4.78 is 5.43. The van der Waals surface area contributed by atoms with Gasteiger partial charge in [0.25, 0.3) is 11.6 Å². The molecule has 0 bridgehead atoms. The van der Waals surface area contributed by atoms with Crippen molar-refractivity contribution in [3.63, 3.8) is 0 Å². The Morgan fingerprint density at radius 1 is 1.23 bits per heavy atom. The molecule has 31 heavy (non-hydrogen) atoms. The summed E-state index contributed by atoms with van der Waals surface area (Å²) >= 11 is 0. The molecule has 0 atom stereocenters. The molecular weight excluding hydrogens is 396 g/mol. The van der Waals surface area contributed by atoms with Gasteiger partial charge in [-0.05, 0) is 38.0 Å². The molecule has 1 aliphatic rings. The number of aryl methyl sites for hydroxylation is 1. The first kappa shape index (κ1) is 22.3. The smallest absolute Gasteiger partial charge is 0.277 e. The summed E-state index contributed by atoms with van der Waals surface area (Å²) in [5.74, 6) is 0.184. The summed E-state index contributed by atoms with van der Waals surface area (Å²) in [4.78, 5) is 25.0. The maximum absolute atomic E-state index is 12.0. The van der Waals surface area contributed by atoms with Gasteiger partial charge in [-0.15, -0.1) is 0 Å². The molecule has 1 fully saturated rings. The summed E-state index contributed by atoms with van der Waals surface area (Å²) in [7, 11) is 2.00. The fourth-order valence-corrected chi connectivity index (χ4v) is 3.73. The molecule has 0 unspecified atom stereocenters. The molecule has 1 saturated carbocycles. The van der Waals surface area contributed by atoms with E-state index in [2.05, 4.69) is 15.4 Å². The highest BCUT2D eigenvalue weighted by Gasteiger charge is 2.21. The van der Waals surface area contributed by atoms with Crippen LogP contribution < -0.4 is 15.1 Å². The average Bonchev–Trinajstić information content (AvgIpc) is 2.78. The van der Waals surface area contributed by atoms with Crippen LogP contribution in [-0.4, -0.2) is 36.7 Å². The Morgan fingerprint density at radius 3 is 2.61 bits per heavy atom. The molecule has 0 aromatic heterocycles. The van der Waals surface area contributed by atoms with Crippen LogP contribution in [0.4, 0.5) is 11.4 Å². The quantitative estimate of drug-likeness (QED) is 0.389. The predicted octanol–water partition coefficient (Wildman–Crippen LogP) is 4.20. The molecule has 3 rings (SSSR count). The Kier molecular flexibility index (Phi) is 7.59. The molecule has 2 aromatic rings. The van der Waals surface area contributed by atoms with Crippen molar-refractivity contribution < 1.29 is 14.5 Å². The highest BCUT2D eigenvalue weighted by atomic mass is 16.6. The van der Waals surface area contributed by atoms with E-state index in [1.807, 2.05) is 26.1 Å². The number of anilines is 1. The zero-order chi connectivity index (χ0) is 22.2. The van der Waals surface area contributed by atoms with Gasteiger partial charge in [-0.25, -0.2) is 5.43 Å². The Morgan fingerprint density at radius 2 is 1.94 bits per heavy atom. The molecule has 0 radical (unpaired) electrons. The number of carbonyl (C=O) groups excluding carboxylic acids is 1. The molecule has 0 aliphatic heterocycles. The number of ether oxygens (including phenoxy) is 1. The van der Waals surface area contributed by atoms with Crippen molar-refractivity contribution in [1.82, 2.24) is 5.43 Å². The van der Waals surface area contributed by atoms with Gasteiger partial charge >= 0.3 is 0 Å². The van der Waals surface area contributed by atoms with E-state index in [0.29, 0.717) is 17.4 Å². The highest BCUT2D eigenvalue weighted by molar-refractivity contribution is 5.90. The molecule has 8 heteroatoms. The number of carbonyl (C=O) groups is 1. The molecule has 1 aliphatic carbocycles. The summed E-state index contributed by atoms with van der Waals surface area (Å²) in [6.45, 7) is 1.79. The van der Waals surface area contributed by atoms with Crippen molar-refractivity contribution in [2.75, 3.05) is 18.6 Å². The minimum absolute atomic E-state index is 0.0173. The van der Waals surface area contributed by atoms with Crippen LogP contribution in [0.2, 0.25) is 0 Å². The van der Waals surface area contributed by atoms with Gasteiger partial charge in [0.15, 0.2) is 6.61 Å². The number of hydrogen-bond acceptors (Lipinski definition) is 6. The van der Waals surface area contributed by atoms with E-state index < -0.39 is 10.8 Å². The lowest BCUT2D eigenvalue weighted by Crippen LogP contribution is -2.34. The fraction of sp³-hybridized carbons (Fsp3) is 0.391. The first-order valence-electron chi connectivity index (χ1n) is 10.5. The third-order valence-corrected chi connectivity index (χ3v) is 5.51.